The Morgan fingerprint density at radius 2 is 1.71 bits per heavy atom. The molecule has 2 aliphatic rings. The summed E-state index contributed by atoms with van der Waals surface area (Å²) >= 11 is 0. The maximum Gasteiger partial charge on any atom is 0.243 e. The van der Waals surface area contributed by atoms with Crippen molar-refractivity contribution < 1.29 is 22.7 Å². The van der Waals surface area contributed by atoms with Crippen LogP contribution in [0.1, 0.15) is 21.7 Å². The number of carbonyl (C=O) groups excluding carboxylic acids is 1. The van der Waals surface area contributed by atoms with Gasteiger partial charge < -0.3 is 14.0 Å². The number of rotatable bonds is 6. The Kier molecular flexibility index (Phi) is 6.35. The quantitative estimate of drug-likeness (QED) is 0.484. The number of ketones is 1. The summed E-state index contributed by atoms with van der Waals surface area (Å²) in [6, 6.07) is 12.3. The van der Waals surface area contributed by atoms with Gasteiger partial charge in [-0.2, -0.15) is 4.31 Å². The van der Waals surface area contributed by atoms with Crippen LogP contribution in [0.15, 0.2) is 53.6 Å². The van der Waals surface area contributed by atoms with Crippen LogP contribution in [0.25, 0.3) is 5.82 Å². The zero-order chi connectivity index (χ0) is 24.6. The van der Waals surface area contributed by atoms with Crippen LogP contribution in [0, 0.1) is 13.8 Å². The molecule has 0 bridgehead atoms. The number of sulfonamides is 1. The second kappa shape index (κ2) is 9.44. The first kappa shape index (κ1) is 23.5. The van der Waals surface area contributed by atoms with Crippen molar-refractivity contribution in [3.63, 3.8) is 0 Å². The van der Waals surface area contributed by atoms with Crippen molar-refractivity contribution in [1.82, 2.24) is 18.8 Å². The summed E-state index contributed by atoms with van der Waals surface area (Å²) < 4.78 is 40.8. The highest BCUT2D eigenvalue weighted by Gasteiger charge is 2.31. The first-order chi connectivity index (χ1) is 16.8. The summed E-state index contributed by atoms with van der Waals surface area (Å²) in [6.07, 6.45) is 1.73. The molecule has 3 aromatic rings. The molecule has 5 rings (SSSR count). The fourth-order valence-corrected chi connectivity index (χ4v) is 6.07. The van der Waals surface area contributed by atoms with E-state index in [1.165, 1.54) is 10.4 Å². The number of nitrogens with zero attached hydrogens (tertiary/aromatic N) is 4. The van der Waals surface area contributed by atoms with Crippen LogP contribution in [0.2, 0.25) is 0 Å². The summed E-state index contributed by atoms with van der Waals surface area (Å²) in [5.41, 5.74) is 2.46. The molecular formula is C25H28N4O5S. The van der Waals surface area contributed by atoms with E-state index < -0.39 is 10.0 Å². The van der Waals surface area contributed by atoms with Gasteiger partial charge in [-0.05, 0) is 44.2 Å². The molecule has 0 spiro atoms. The number of benzene rings is 1. The molecule has 0 aliphatic carbocycles. The fourth-order valence-electron chi connectivity index (χ4n) is 4.63. The normalized spacial score (nSPS) is 16.9. The van der Waals surface area contributed by atoms with Crippen LogP contribution < -0.4 is 9.47 Å². The minimum absolute atomic E-state index is 0.0171. The van der Waals surface area contributed by atoms with Gasteiger partial charge in [-0.15, -0.1) is 0 Å². The van der Waals surface area contributed by atoms with Gasteiger partial charge in [-0.25, -0.2) is 13.4 Å². The third-order valence-electron chi connectivity index (χ3n) is 6.46. The predicted molar refractivity (Wildman–Crippen MR) is 130 cm³/mol. The second-order valence-electron chi connectivity index (χ2n) is 8.72. The smallest absolute Gasteiger partial charge is 0.243 e. The van der Waals surface area contributed by atoms with Crippen molar-refractivity contribution in [2.24, 2.45) is 0 Å². The average Bonchev–Trinajstić information content (AvgIpc) is 3.18. The largest absolute Gasteiger partial charge is 0.486 e. The van der Waals surface area contributed by atoms with Crippen LogP contribution in [0.3, 0.4) is 0 Å². The van der Waals surface area contributed by atoms with Crippen molar-refractivity contribution >= 4 is 15.8 Å². The number of hydrogen-bond acceptors (Lipinski definition) is 7. The van der Waals surface area contributed by atoms with Gasteiger partial charge in [-0.1, -0.05) is 6.07 Å². The molecule has 0 N–H and O–H groups in total. The number of hydrogen-bond donors (Lipinski definition) is 0. The maximum absolute atomic E-state index is 13.2. The molecule has 0 amide bonds. The molecule has 2 aliphatic heterocycles. The highest BCUT2D eigenvalue weighted by Crippen LogP contribution is 2.33. The molecule has 35 heavy (non-hydrogen) atoms. The molecule has 0 atom stereocenters. The van der Waals surface area contributed by atoms with Gasteiger partial charge in [0.2, 0.25) is 10.0 Å². The van der Waals surface area contributed by atoms with Gasteiger partial charge >= 0.3 is 0 Å². The number of Topliss-reactive ketones (excluding diaryl/α,β-unsaturated/α-hetero) is 1. The van der Waals surface area contributed by atoms with E-state index in [0.29, 0.717) is 56.5 Å². The molecule has 1 aromatic carbocycles. The number of pyridine rings is 1. The summed E-state index contributed by atoms with van der Waals surface area (Å²) in [4.78, 5) is 19.7. The standard InChI is InChI=1S/C25H28N4O5S/c1-18-15-21(19(2)29(18)25-5-3-4-8-26-25)22(30)17-27-9-11-28(12-10-27)35(31,32)20-6-7-23-24(16-20)34-14-13-33-23/h3-8,15-16H,9-14,17H2,1-2H3. The van der Waals surface area contributed by atoms with Crippen molar-refractivity contribution in [1.29, 1.82) is 0 Å². The van der Waals surface area contributed by atoms with Crippen molar-refractivity contribution in [3.8, 4) is 17.3 Å². The molecule has 0 saturated carbocycles. The number of ether oxygens (including phenoxy) is 2. The Balaban J connectivity index is 1.24. The number of fused-ring (bicyclic) bond motifs is 1. The molecule has 0 radical (unpaired) electrons. The second-order valence-corrected chi connectivity index (χ2v) is 10.7. The third kappa shape index (κ3) is 4.56. The van der Waals surface area contributed by atoms with Crippen molar-refractivity contribution in [2.45, 2.75) is 18.7 Å². The van der Waals surface area contributed by atoms with Gasteiger partial charge in [0.25, 0.3) is 0 Å². The Morgan fingerprint density at radius 1 is 0.971 bits per heavy atom. The van der Waals surface area contributed by atoms with Crippen LogP contribution in [-0.4, -0.2) is 78.9 Å². The van der Waals surface area contributed by atoms with Crippen LogP contribution in [0.5, 0.6) is 11.5 Å². The van der Waals surface area contributed by atoms with E-state index >= 15 is 0 Å². The first-order valence-electron chi connectivity index (χ1n) is 11.6. The molecule has 4 heterocycles. The minimum Gasteiger partial charge on any atom is -0.486 e. The zero-order valence-electron chi connectivity index (χ0n) is 19.8. The fraction of sp³-hybridized carbons (Fsp3) is 0.360. The van der Waals surface area contributed by atoms with E-state index in [9.17, 15) is 13.2 Å². The zero-order valence-corrected chi connectivity index (χ0v) is 20.6. The maximum atomic E-state index is 13.2. The molecular weight excluding hydrogens is 468 g/mol. The Bertz CT molecular complexity index is 1350. The Morgan fingerprint density at radius 3 is 2.43 bits per heavy atom. The lowest BCUT2D eigenvalue weighted by Crippen LogP contribution is -2.49. The lowest BCUT2D eigenvalue weighted by atomic mass is 10.1. The highest BCUT2D eigenvalue weighted by molar-refractivity contribution is 7.89. The van der Waals surface area contributed by atoms with Crippen molar-refractivity contribution in [2.75, 3.05) is 45.9 Å². The van der Waals surface area contributed by atoms with E-state index in [-0.39, 0.29) is 17.2 Å². The Hall–Kier alpha value is -3.21. The SMILES string of the molecule is Cc1cc(C(=O)CN2CCN(S(=O)(=O)c3ccc4c(c3)OCCO4)CC2)c(C)n1-c1ccccn1. The van der Waals surface area contributed by atoms with E-state index in [1.54, 1.807) is 18.3 Å². The van der Waals surface area contributed by atoms with E-state index in [2.05, 4.69) is 4.98 Å². The lowest BCUT2D eigenvalue weighted by molar-refractivity contribution is 0.0901. The molecule has 2 aromatic heterocycles. The van der Waals surface area contributed by atoms with Gasteiger partial charge in [0, 0.05) is 55.4 Å². The van der Waals surface area contributed by atoms with E-state index in [1.807, 2.05) is 47.6 Å². The number of aromatic nitrogens is 2. The summed E-state index contributed by atoms with van der Waals surface area (Å²) in [5, 5.41) is 0. The highest BCUT2D eigenvalue weighted by atomic mass is 32.2. The van der Waals surface area contributed by atoms with Crippen molar-refractivity contribution in [3.05, 3.63) is 65.6 Å². The molecule has 184 valence electrons. The molecule has 0 unspecified atom stereocenters. The van der Waals surface area contributed by atoms with Crippen LogP contribution >= 0.6 is 0 Å². The number of carbonyl (C=O) groups is 1. The monoisotopic (exact) mass is 496 g/mol. The van der Waals surface area contributed by atoms with Gasteiger partial charge in [0.05, 0.1) is 11.4 Å². The molecule has 1 saturated heterocycles. The van der Waals surface area contributed by atoms with E-state index in [4.69, 9.17) is 9.47 Å². The van der Waals surface area contributed by atoms with Crippen LogP contribution in [0.4, 0.5) is 0 Å². The van der Waals surface area contributed by atoms with Gasteiger partial charge in [0.1, 0.15) is 19.0 Å². The van der Waals surface area contributed by atoms with Gasteiger partial charge in [0.15, 0.2) is 17.3 Å². The molecule has 1 fully saturated rings. The predicted octanol–water partition coefficient (Wildman–Crippen LogP) is 2.45. The van der Waals surface area contributed by atoms with Crippen LogP contribution in [-0.2, 0) is 10.0 Å². The summed E-state index contributed by atoms with van der Waals surface area (Å²) in [6.45, 7) is 6.56. The molecule has 10 heteroatoms. The van der Waals surface area contributed by atoms with Gasteiger partial charge in [-0.3, -0.25) is 9.69 Å². The topological polar surface area (TPSA) is 94.0 Å². The number of piperazine rings is 1. The number of aryl methyl sites for hydroxylation is 1. The Labute approximate surface area is 204 Å². The third-order valence-corrected chi connectivity index (χ3v) is 8.35. The average molecular weight is 497 g/mol. The molecule has 9 nitrogen and oxygen atoms in total. The van der Waals surface area contributed by atoms with E-state index in [0.717, 1.165) is 17.2 Å². The lowest BCUT2D eigenvalue weighted by Gasteiger charge is -2.33. The summed E-state index contributed by atoms with van der Waals surface area (Å²) in [7, 11) is -3.66. The summed E-state index contributed by atoms with van der Waals surface area (Å²) in [5.74, 6) is 1.80. The minimum atomic E-state index is -3.66. The first-order valence-corrected chi connectivity index (χ1v) is 13.0.